The maximum absolute atomic E-state index is 12.5. The number of rotatable bonds is 5. The van der Waals surface area contributed by atoms with Crippen LogP contribution in [0.15, 0.2) is 41.1 Å². The zero-order valence-corrected chi connectivity index (χ0v) is 16.3. The third-order valence-electron chi connectivity index (χ3n) is 5.33. The second-order valence-electron chi connectivity index (χ2n) is 7.22. The van der Waals surface area contributed by atoms with Gasteiger partial charge in [0.05, 0.1) is 25.9 Å². The van der Waals surface area contributed by atoms with Crippen LogP contribution in [0, 0.1) is 13.8 Å². The molecule has 0 unspecified atom stereocenters. The molecule has 1 fully saturated rings. The van der Waals surface area contributed by atoms with Crippen molar-refractivity contribution < 1.29 is 13.9 Å². The van der Waals surface area contributed by atoms with Gasteiger partial charge in [-0.2, -0.15) is 0 Å². The zero-order chi connectivity index (χ0) is 19.5. The Bertz CT molecular complexity index is 990. The van der Waals surface area contributed by atoms with Crippen LogP contribution in [0.2, 0.25) is 0 Å². The van der Waals surface area contributed by atoms with Crippen molar-refractivity contribution in [2.75, 3.05) is 31.2 Å². The lowest BCUT2D eigenvalue weighted by molar-refractivity contribution is -0.120. The lowest BCUT2D eigenvalue weighted by atomic mass is 10.0. The fourth-order valence-corrected chi connectivity index (χ4v) is 3.50. The molecule has 4 rings (SSSR count). The SMILES string of the molecule is Cc1ccc2c(CC(=O)NCc3ccnc(N4CCOCC4)c3)coc2c1C. The van der Waals surface area contributed by atoms with Crippen LogP contribution in [-0.4, -0.2) is 37.2 Å². The molecule has 0 radical (unpaired) electrons. The number of hydrogen-bond acceptors (Lipinski definition) is 5. The third kappa shape index (κ3) is 3.87. The molecule has 28 heavy (non-hydrogen) atoms. The maximum Gasteiger partial charge on any atom is 0.224 e. The molecule has 1 aliphatic rings. The normalized spacial score (nSPS) is 14.4. The van der Waals surface area contributed by atoms with Crippen LogP contribution in [0.3, 0.4) is 0 Å². The number of anilines is 1. The van der Waals surface area contributed by atoms with E-state index in [0.29, 0.717) is 13.0 Å². The van der Waals surface area contributed by atoms with Gasteiger partial charge in [-0.05, 0) is 42.7 Å². The number of nitrogens with one attached hydrogen (secondary N) is 1. The van der Waals surface area contributed by atoms with E-state index in [0.717, 1.165) is 59.8 Å². The third-order valence-corrected chi connectivity index (χ3v) is 5.33. The van der Waals surface area contributed by atoms with E-state index in [1.807, 2.05) is 25.1 Å². The largest absolute Gasteiger partial charge is 0.464 e. The van der Waals surface area contributed by atoms with Gasteiger partial charge in [0.15, 0.2) is 0 Å². The first-order chi connectivity index (χ1) is 13.6. The summed E-state index contributed by atoms with van der Waals surface area (Å²) < 4.78 is 11.1. The molecule has 1 N–H and O–H groups in total. The summed E-state index contributed by atoms with van der Waals surface area (Å²) in [4.78, 5) is 19.1. The summed E-state index contributed by atoms with van der Waals surface area (Å²) in [5.41, 5.74) is 5.13. The molecule has 0 saturated carbocycles. The smallest absolute Gasteiger partial charge is 0.224 e. The second kappa shape index (κ2) is 8.02. The van der Waals surface area contributed by atoms with Crippen LogP contribution >= 0.6 is 0 Å². The van der Waals surface area contributed by atoms with Crippen molar-refractivity contribution in [1.82, 2.24) is 10.3 Å². The van der Waals surface area contributed by atoms with Crippen molar-refractivity contribution in [3.05, 3.63) is 59.0 Å². The number of amides is 1. The summed E-state index contributed by atoms with van der Waals surface area (Å²) in [6, 6.07) is 8.06. The molecule has 2 aromatic heterocycles. The molecule has 0 aliphatic carbocycles. The quantitative estimate of drug-likeness (QED) is 0.738. The van der Waals surface area contributed by atoms with Gasteiger partial charge in [0.2, 0.25) is 5.91 Å². The Balaban J connectivity index is 1.39. The molecule has 0 atom stereocenters. The number of benzene rings is 1. The van der Waals surface area contributed by atoms with Gasteiger partial charge in [0.25, 0.3) is 0 Å². The average Bonchev–Trinajstić information content (AvgIpc) is 3.13. The number of ether oxygens (including phenoxy) is 1. The first kappa shape index (κ1) is 18.5. The van der Waals surface area contributed by atoms with E-state index in [4.69, 9.17) is 9.15 Å². The highest BCUT2D eigenvalue weighted by Crippen LogP contribution is 2.26. The summed E-state index contributed by atoms with van der Waals surface area (Å²) in [5, 5.41) is 4.02. The Morgan fingerprint density at radius 1 is 1.21 bits per heavy atom. The van der Waals surface area contributed by atoms with Crippen LogP contribution in [0.4, 0.5) is 5.82 Å². The van der Waals surface area contributed by atoms with Gasteiger partial charge >= 0.3 is 0 Å². The van der Waals surface area contributed by atoms with E-state index in [-0.39, 0.29) is 5.91 Å². The van der Waals surface area contributed by atoms with E-state index < -0.39 is 0 Å². The van der Waals surface area contributed by atoms with Crippen molar-refractivity contribution >= 4 is 22.7 Å². The standard InChI is InChI=1S/C22H25N3O3/c1-15-3-4-19-18(14-28-22(19)16(15)2)12-21(26)24-13-17-5-6-23-20(11-17)25-7-9-27-10-8-25/h3-6,11,14H,7-10,12-13H2,1-2H3,(H,24,26). The summed E-state index contributed by atoms with van der Waals surface area (Å²) in [6.45, 7) is 7.71. The number of aromatic nitrogens is 1. The molecule has 6 nitrogen and oxygen atoms in total. The summed E-state index contributed by atoms with van der Waals surface area (Å²) >= 11 is 0. The van der Waals surface area contributed by atoms with Crippen LogP contribution < -0.4 is 10.2 Å². The predicted molar refractivity (Wildman–Crippen MR) is 109 cm³/mol. The minimum atomic E-state index is -0.0225. The minimum Gasteiger partial charge on any atom is -0.464 e. The zero-order valence-electron chi connectivity index (χ0n) is 16.3. The number of carbonyl (C=O) groups excluding carboxylic acids is 1. The predicted octanol–water partition coefficient (Wildman–Crippen LogP) is 3.14. The minimum absolute atomic E-state index is 0.0225. The van der Waals surface area contributed by atoms with Crippen molar-refractivity contribution in [1.29, 1.82) is 0 Å². The molecule has 146 valence electrons. The van der Waals surface area contributed by atoms with E-state index >= 15 is 0 Å². The fourth-order valence-electron chi connectivity index (χ4n) is 3.50. The van der Waals surface area contributed by atoms with Crippen molar-refractivity contribution in [2.45, 2.75) is 26.8 Å². The summed E-state index contributed by atoms with van der Waals surface area (Å²) in [6.07, 6.45) is 3.79. The Hall–Kier alpha value is -2.86. The van der Waals surface area contributed by atoms with Gasteiger partial charge in [-0.3, -0.25) is 4.79 Å². The summed E-state index contributed by atoms with van der Waals surface area (Å²) in [7, 11) is 0. The summed E-state index contributed by atoms with van der Waals surface area (Å²) in [5.74, 6) is 0.910. The lowest BCUT2D eigenvalue weighted by Crippen LogP contribution is -2.36. The Labute approximate surface area is 164 Å². The van der Waals surface area contributed by atoms with Crippen LogP contribution in [0.25, 0.3) is 11.0 Å². The number of morpholine rings is 1. The Kier molecular flexibility index (Phi) is 5.30. The highest BCUT2D eigenvalue weighted by Gasteiger charge is 2.14. The van der Waals surface area contributed by atoms with E-state index in [2.05, 4.69) is 28.2 Å². The van der Waals surface area contributed by atoms with Gasteiger partial charge in [-0.25, -0.2) is 4.98 Å². The molecule has 1 saturated heterocycles. The number of fused-ring (bicyclic) bond motifs is 1. The molecule has 3 heterocycles. The number of carbonyl (C=O) groups is 1. The van der Waals surface area contributed by atoms with E-state index in [1.165, 1.54) is 5.56 Å². The molecule has 3 aromatic rings. The molecule has 6 heteroatoms. The number of nitrogens with zero attached hydrogens (tertiary/aromatic N) is 2. The molecule has 1 aromatic carbocycles. The second-order valence-corrected chi connectivity index (χ2v) is 7.22. The van der Waals surface area contributed by atoms with E-state index in [9.17, 15) is 4.79 Å². The lowest BCUT2D eigenvalue weighted by Gasteiger charge is -2.28. The van der Waals surface area contributed by atoms with Crippen LogP contribution in [-0.2, 0) is 22.5 Å². The molecule has 0 spiro atoms. The van der Waals surface area contributed by atoms with Gasteiger partial charge in [0, 0.05) is 36.8 Å². The topological polar surface area (TPSA) is 67.6 Å². The van der Waals surface area contributed by atoms with Gasteiger partial charge in [-0.1, -0.05) is 12.1 Å². The highest BCUT2D eigenvalue weighted by atomic mass is 16.5. The molecular weight excluding hydrogens is 354 g/mol. The number of hydrogen-bond donors (Lipinski definition) is 1. The van der Waals surface area contributed by atoms with Crippen molar-refractivity contribution in [2.24, 2.45) is 0 Å². The average molecular weight is 379 g/mol. The first-order valence-electron chi connectivity index (χ1n) is 9.62. The fraction of sp³-hybridized carbons (Fsp3) is 0.364. The van der Waals surface area contributed by atoms with Gasteiger partial charge in [-0.15, -0.1) is 0 Å². The maximum atomic E-state index is 12.5. The Morgan fingerprint density at radius 3 is 2.86 bits per heavy atom. The molecule has 1 amide bonds. The van der Waals surface area contributed by atoms with Gasteiger partial charge < -0.3 is 19.4 Å². The van der Waals surface area contributed by atoms with Crippen LogP contribution in [0.5, 0.6) is 0 Å². The monoisotopic (exact) mass is 379 g/mol. The molecular formula is C22H25N3O3. The molecule has 1 aliphatic heterocycles. The van der Waals surface area contributed by atoms with Crippen molar-refractivity contribution in [3.8, 4) is 0 Å². The first-order valence-corrected chi connectivity index (χ1v) is 9.62. The number of furan rings is 1. The number of pyridine rings is 1. The highest BCUT2D eigenvalue weighted by molar-refractivity contribution is 5.89. The van der Waals surface area contributed by atoms with E-state index in [1.54, 1.807) is 12.5 Å². The van der Waals surface area contributed by atoms with Gasteiger partial charge in [0.1, 0.15) is 11.4 Å². The number of aryl methyl sites for hydroxylation is 2. The van der Waals surface area contributed by atoms with Crippen molar-refractivity contribution in [3.63, 3.8) is 0 Å². The molecule has 0 bridgehead atoms. The Morgan fingerprint density at radius 2 is 2.04 bits per heavy atom. The van der Waals surface area contributed by atoms with Crippen LogP contribution in [0.1, 0.15) is 22.3 Å².